The summed E-state index contributed by atoms with van der Waals surface area (Å²) in [5, 5.41) is 1.10. The molecule has 3 nitrogen and oxygen atoms in total. The first kappa shape index (κ1) is 14.0. The van der Waals surface area contributed by atoms with Crippen molar-refractivity contribution in [3.05, 3.63) is 11.5 Å². The van der Waals surface area contributed by atoms with Crippen LogP contribution < -0.4 is 0 Å². The summed E-state index contributed by atoms with van der Waals surface area (Å²) in [5.41, 5.74) is 0. The van der Waals surface area contributed by atoms with Crippen LogP contribution in [0.15, 0.2) is 11.5 Å². The third-order valence-electron chi connectivity index (χ3n) is 3.00. The Morgan fingerprint density at radius 2 is 2.12 bits per heavy atom. The molecule has 0 radical (unpaired) electrons. The van der Waals surface area contributed by atoms with Crippen molar-refractivity contribution < 1.29 is 8.42 Å². The van der Waals surface area contributed by atoms with Gasteiger partial charge in [0.05, 0.1) is 0 Å². The Hall–Kier alpha value is -0.0600. The number of piperidine rings is 1. The molecule has 1 aliphatic heterocycles. The molecule has 0 amide bonds. The molecule has 5 heteroatoms. The Morgan fingerprint density at radius 3 is 2.69 bits per heavy atom. The summed E-state index contributed by atoms with van der Waals surface area (Å²) in [6.45, 7) is 5.48. The summed E-state index contributed by atoms with van der Waals surface area (Å²) in [4.78, 5) is 2.44. The fourth-order valence-electron chi connectivity index (χ4n) is 2.28. The van der Waals surface area contributed by atoms with Gasteiger partial charge in [0.25, 0.3) is 9.05 Å². The first-order chi connectivity index (χ1) is 7.40. The van der Waals surface area contributed by atoms with E-state index in [4.69, 9.17) is 10.7 Å². The second kappa shape index (κ2) is 6.03. The Labute approximate surface area is 103 Å². The van der Waals surface area contributed by atoms with Gasteiger partial charge in [-0.3, -0.25) is 4.90 Å². The van der Waals surface area contributed by atoms with Gasteiger partial charge in [-0.1, -0.05) is 12.5 Å². The van der Waals surface area contributed by atoms with Crippen molar-refractivity contribution in [3.8, 4) is 0 Å². The summed E-state index contributed by atoms with van der Waals surface area (Å²) in [7, 11) is 1.63. The molecule has 0 aliphatic carbocycles. The highest BCUT2D eigenvalue weighted by Crippen LogP contribution is 2.22. The first-order valence-corrected chi connectivity index (χ1v) is 8.14. The van der Waals surface area contributed by atoms with Crippen LogP contribution >= 0.6 is 10.7 Å². The monoisotopic (exact) mass is 265 g/mol. The Morgan fingerprint density at radius 1 is 1.44 bits per heavy atom. The lowest BCUT2D eigenvalue weighted by Gasteiger charge is -2.38. The van der Waals surface area contributed by atoms with Gasteiger partial charge in [-0.2, -0.15) is 0 Å². The van der Waals surface area contributed by atoms with Crippen LogP contribution in [0.1, 0.15) is 39.5 Å². The van der Waals surface area contributed by atoms with E-state index in [0.29, 0.717) is 12.1 Å². The SMILES string of the molecule is CC(C)N1CCCCC1C/C=C\S(=O)(=O)Cl. The topological polar surface area (TPSA) is 37.4 Å². The third-order valence-corrected chi connectivity index (χ3v) is 3.83. The molecule has 1 fully saturated rings. The second-order valence-electron chi connectivity index (χ2n) is 4.56. The molecule has 0 aromatic carbocycles. The molecule has 0 spiro atoms. The molecule has 0 aromatic rings. The molecular formula is C11H20ClNO2S. The predicted octanol–water partition coefficient (Wildman–Crippen LogP) is 2.72. The Bertz CT molecular complexity index is 338. The van der Waals surface area contributed by atoms with Crippen LogP contribution in [-0.4, -0.2) is 31.9 Å². The molecule has 1 saturated heterocycles. The highest BCUT2D eigenvalue weighted by atomic mass is 35.7. The second-order valence-corrected chi connectivity index (χ2v) is 7.08. The highest BCUT2D eigenvalue weighted by molar-refractivity contribution is 8.16. The maximum Gasteiger partial charge on any atom is 0.254 e. The molecule has 0 saturated carbocycles. The number of rotatable bonds is 4. The molecule has 0 bridgehead atoms. The van der Waals surface area contributed by atoms with Crippen molar-refractivity contribution in [1.29, 1.82) is 0 Å². The fourth-order valence-corrected chi connectivity index (χ4v) is 2.84. The number of nitrogens with zero attached hydrogens (tertiary/aromatic N) is 1. The van der Waals surface area contributed by atoms with Gasteiger partial charge in [-0.05, 0) is 39.7 Å². The van der Waals surface area contributed by atoms with Crippen LogP contribution in [0.4, 0.5) is 0 Å². The van der Waals surface area contributed by atoms with Gasteiger partial charge < -0.3 is 0 Å². The maximum absolute atomic E-state index is 10.8. The Balaban J connectivity index is 2.54. The van der Waals surface area contributed by atoms with Crippen LogP contribution in [0, 0.1) is 0 Å². The van der Waals surface area contributed by atoms with Gasteiger partial charge in [-0.25, -0.2) is 8.42 Å². The van der Waals surface area contributed by atoms with E-state index in [0.717, 1.165) is 24.8 Å². The zero-order chi connectivity index (χ0) is 12.2. The van der Waals surface area contributed by atoms with Crippen molar-refractivity contribution in [2.75, 3.05) is 6.54 Å². The molecule has 0 N–H and O–H groups in total. The molecular weight excluding hydrogens is 246 g/mol. The van der Waals surface area contributed by atoms with Crippen LogP contribution in [0.2, 0.25) is 0 Å². The average Bonchev–Trinajstić information content (AvgIpc) is 2.16. The van der Waals surface area contributed by atoms with Crippen LogP contribution in [0.5, 0.6) is 0 Å². The smallest absolute Gasteiger partial charge is 0.254 e. The zero-order valence-corrected chi connectivity index (χ0v) is 11.5. The van der Waals surface area contributed by atoms with Gasteiger partial charge in [0, 0.05) is 28.2 Å². The highest BCUT2D eigenvalue weighted by Gasteiger charge is 2.23. The van der Waals surface area contributed by atoms with Crippen molar-refractivity contribution in [2.24, 2.45) is 0 Å². The normalized spacial score (nSPS) is 24.4. The number of halogens is 1. The Kier molecular flexibility index (Phi) is 5.28. The van der Waals surface area contributed by atoms with Crippen molar-refractivity contribution in [1.82, 2.24) is 4.90 Å². The lowest BCUT2D eigenvalue weighted by molar-refractivity contribution is 0.113. The van der Waals surface area contributed by atoms with E-state index in [9.17, 15) is 8.42 Å². The largest absolute Gasteiger partial charge is 0.298 e. The summed E-state index contributed by atoms with van der Waals surface area (Å²) >= 11 is 0. The van der Waals surface area contributed by atoms with E-state index >= 15 is 0 Å². The molecule has 1 heterocycles. The minimum absolute atomic E-state index is 0.461. The van der Waals surface area contributed by atoms with E-state index < -0.39 is 9.05 Å². The van der Waals surface area contributed by atoms with E-state index in [1.807, 2.05) is 0 Å². The summed E-state index contributed by atoms with van der Waals surface area (Å²) in [6.07, 6.45) is 6.06. The maximum atomic E-state index is 10.8. The fraction of sp³-hybridized carbons (Fsp3) is 0.818. The number of hydrogen-bond acceptors (Lipinski definition) is 3. The first-order valence-electron chi connectivity index (χ1n) is 5.77. The predicted molar refractivity (Wildman–Crippen MR) is 68.0 cm³/mol. The van der Waals surface area contributed by atoms with Crippen LogP contribution in [0.3, 0.4) is 0 Å². The van der Waals surface area contributed by atoms with E-state index in [2.05, 4.69) is 18.7 Å². The molecule has 1 atom stereocenters. The minimum atomic E-state index is -3.49. The van der Waals surface area contributed by atoms with Gasteiger partial charge in [0.15, 0.2) is 0 Å². The lowest BCUT2D eigenvalue weighted by atomic mass is 9.98. The number of hydrogen-bond donors (Lipinski definition) is 0. The third kappa shape index (κ3) is 4.85. The summed E-state index contributed by atoms with van der Waals surface area (Å²) in [5.74, 6) is 0. The molecule has 1 unspecified atom stereocenters. The van der Waals surface area contributed by atoms with Crippen molar-refractivity contribution in [3.63, 3.8) is 0 Å². The van der Waals surface area contributed by atoms with Crippen molar-refractivity contribution in [2.45, 2.75) is 51.6 Å². The minimum Gasteiger partial charge on any atom is -0.298 e. The summed E-state index contributed by atoms with van der Waals surface area (Å²) < 4.78 is 21.5. The van der Waals surface area contributed by atoms with Crippen molar-refractivity contribution >= 4 is 19.7 Å². The van der Waals surface area contributed by atoms with Gasteiger partial charge in [0.2, 0.25) is 0 Å². The van der Waals surface area contributed by atoms with Crippen LogP contribution in [-0.2, 0) is 9.05 Å². The quantitative estimate of drug-likeness (QED) is 0.734. The van der Waals surface area contributed by atoms with Crippen LogP contribution in [0.25, 0.3) is 0 Å². The van der Waals surface area contributed by atoms with E-state index in [-0.39, 0.29) is 0 Å². The molecule has 16 heavy (non-hydrogen) atoms. The van der Waals surface area contributed by atoms with Gasteiger partial charge in [-0.15, -0.1) is 0 Å². The van der Waals surface area contributed by atoms with Gasteiger partial charge in [0.1, 0.15) is 0 Å². The molecule has 1 rings (SSSR count). The van der Waals surface area contributed by atoms with E-state index in [1.54, 1.807) is 6.08 Å². The molecule has 1 aliphatic rings. The van der Waals surface area contributed by atoms with Gasteiger partial charge >= 0.3 is 0 Å². The average molecular weight is 266 g/mol. The standard InChI is InChI=1S/C11H20ClNO2S/c1-10(2)13-8-4-3-6-11(13)7-5-9-16(12,14)15/h5,9-11H,3-4,6-8H2,1-2H3/b9-5-. The number of likely N-dealkylation sites (tertiary alicyclic amines) is 1. The lowest BCUT2D eigenvalue weighted by Crippen LogP contribution is -2.43. The van der Waals surface area contributed by atoms with E-state index in [1.165, 1.54) is 12.8 Å². The molecule has 0 aromatic heterocycles. The molecule has 94 valence electrons. The zero-order valence-electron chi connectivity index (χ0n) is 9.89. The summed E-state index contributed by atoms with van der Waals surface area (Å²) in [6, 6.07) is 0.981.